The van der Waals surface area contributed by atoms with Gasteiger partial charge in [-0.25, -0.2) is 4.39 Å². The van der Waals surface area contributed by atoms with E-state index in [1.807, 2.05) is 0 Å². The van der Waals surface area contributed by atoms with E-state index in [4.69, 9.17) is 0 Å². The topological polar surface area (TPSA) is 73.3 Å². The van der Waals surface area contributed by atoms with Gasteiger partial charge < -0.3 is 15.2 Å². The second-order valence-electron chi connectivity index (χ2n) is 4.44. The van der Waals surface area contributed by atoms with Gasteiger partial charge in [-0.1, -0.05) is 12.1 Å². The average Bonchev–Trinajstić information content (AvgIpc) is 2.41. The average molecular weight is 271 g/mol. The smallest absolute Gasteiger partial charge is 0.190 e. The predicted octanol–water partition coefficient (Wildman–Crippen LogP) is 2.75. The number of H-pyrrole nitrogens is 1. The molecule has 3 rings (SSSR count). The third-order valence-corrected chi connectivity index (χ3v) is 3.06. The number of halogens is 1. The van der Waals surface area contributed by atoms with E-state index in [1.54, 1.807) is 12.1 Å². The lowest BCUT2D eigenvalue weighted by Crippen LogP contribution is -2.03. The Morgan fingerprint density at radius 1 is 1.00 bits per heavy atom. The van der Waals surface area contributed by atoms with Crippen LogP contribution in [0.4, 0.5) is 4.39 Å². The summed E-state index contributed by atoms with van der Waals surface area (Å²) in [7, 11) is 0. The Morgan fingerprint density at radius 2 is 1.75 bits per heavy atom. The molecule has 0 fully saturated rings. The van der Waals surface area contributed by atoms with E-state index < -0.39 is 5.82 Å². The highest BCUT2D eigenvalue weighted by Crippen LogP contribution is 2.29. The molecule has 0 saturated carbocycles. The lowest BCUT2D eigenvalue weighted by molar-refractivity contribution is 0.405. The normalized spacial score (nSPS) is 10.8. The molecule has 0 radical (unpaired) electrons. The Kier molecular flexibility index (Phi) is 2.68. The van der Waals surface area contributed by atoms with Crippen molar-refractivity contribution in [2.75, 3.05) is 0 Å². The van der Waals surface area contributed by atoms with Gasteiger partial charge in [-0.05, 0) is 18.2 Å². The van der Waals surface area contributed by atoms with Crippen molar-refractivity contribution in [3.8, 4) is 22.8 Å². The fourth-order valence-corrected chi connectivity index (χ4v) is 2.09. The summed E-state index contributed by atoms with van der Waals surface area (Å²) in [6.45, 7) is 0. The van der Waals surface area contributed by atoms with Crippen molar-refractivity contribution >= 4 is 10.9 Å². The fourth-order valence-electron chi connectivity index (χ4n) is 2.09. The van der Waals surface area contributed by atoms with E-state index in [-0.39, 0.29) is 22.3 Å². The van der Waals surface area contributed by atoms with Crippen LogP contribution in [-0.2, 0) is 0 Å². The molecule has 20 heavy (non-hydrogen) atoms. The SMILES string of the molecule is O=c1cc(-c2cccc(F)c2)[nH]c2cc(O)c(O)cc12. The number of nitrogens with one attached hydrogen (secondary N) is 1. The Hall–Kier alpha value is -2.82. The Bertz CT molecular complexity index is 871. The molecule has 2 aromatic carbocycles. The van der Waals surface area contributed by atoms with Crippen molar-refractivity contribution in [1.82, 2.24) is 4.98 Å². The second-order valence-corrected chi connectivity index (χ2v) is 4.44. The van der Waals surface area contributed by atoms with Crippen molar-refractivity contribution in [3.63, 3.8) is 0 Å². The third-order valence-electron chi connectivity index (χ3n) is 3.06. The van der Waals surface area contributed by atoms with Gasteiger partial charge in [-0.2, -0.15) is 0 Å². The van der Waals surface area contributed by atoms with E-state index in [0.717, 1.165) is 0 Å². The van der Waals surface area contributed by atoms with Crippen LogP contribution in [0.1, 0.15) is 0 Å². The van der Waals surface area contributed by atoms with Gasteiger partial charge in [0.15, 0.2) is 16.9 Å². The molecular formula is C15H10FNO3. The molecule has 0 aliphatic heterocycles. The van der Waals surface area contributed by atoms with Crippen LogP contribution in [0.5, 0.6) is 11.5 Å². The summed E-state index contributed by atoms with van der Waals surface area (Å²) in [6.07, 6.45) is 0. The number of phenolic OH excluding ortho intramolecular Hbond substituents is 2. The number of fused-ring (bicyclic) bond motifs is 1. The van der Waals surface area contributed by atoms with Crippen LogP contribution in [0, 0.1) is 5.82 Å². The molecular weight excluding hydrogens is 261 g/mol. The van der Waals surface area contributed by atoms with E-state index in [1.165, 1.54) is 30.3 Å². The van der Waals surface area contributed by atoms with Crippen molar-refractivity contribution in [3.05, 3.63) is 58.5 Å². The molecule has 4 nitrogen and oxygen atoms in total. The highest BCUT2D eigenvalue weighted by Gasteiger charge is 2.08. The van der Waals surface area contributed by atoms with Gasteiger partial charge >= 0.3 is 0 Å². The number of aromatic amines is 1. The summed E-state index contributed by atoms with van der Waals surface area (Å²) >= 11 is 0. The summed E-state index contributed by atoms with van der Waals surface area (Å²) in [4.78, 5) is 15.0. The van der Waals surface area contributed by atoms with Crippen LogP contribution >= 0.6 is 0 Å². The minimum atomic E-state index is -0.406. The molecule has 0 bridgehead atoms. The van der Waals surface area contributed by atoms with Gasteiger partial charge in [-0.3, -0.25) is 4.79 Å². The largest absolute Gasteiger partial charge is 0.504 e. The third kappa shape index (κ3) is 1.99. The molecule has 0 aliphatic rings. The van der Waals surface area contributed by atoms with Crippen LogP contribution < -0.4 is 5.43 Å². The molecule has 0 saturated heterocycles. The zero-order valence-corrected chi connectivity index (χ0v) is 10.2. The molecule has 0 aliphatic carbocycles. The molecule has 0 spiro atoms. The highest BCUT2D eigenvalue weighted by atomic mass is 19.1. The summed E-state index contributed by atoms with van der Waals surface area (Å²) in [6, 6.07) is 9.60. The van der Waals surface area contributed by atoms with E-state index in [0.29, 0.717) is 16.8 Å². The van der Waals surface area contributed by atoms with Gasteiger partial charge in [-0.15, -0.1) is 0 Å². The number of hydrogen-bond acceptors (Lipinski definition) is 3. The van der Waals surface area contributed by atoms with E-state index >= 15 is 0 Å². The number of aromatic nitrogens is 1. The molecule has 5 heteroatoms. The summed E-state index contributed by atoms with van der Waals surface area (Å²) in [5.74, 6) is -1.09. The molecule has 0 atom stereocenters. The van der Waals surface area contributed by atoms with E-state index in [9.17, 15) is 19.4 Å². The summed E-state index contributed by atoms with van der Waals surface area (Å²) in [5.41, 5.74) is 1.00. The number of aromatic hydroxyl groups is 2. The first kappa shape index (κ1) is 12.2. The van der Waals surface area contributed by atoms with Crippen molar-refractivity contribution in [2.24, 2.45) is 0 Å². The molecule has 3 aromatic rings. The van der Waals surface area contributed by atoms with E-state index in [2.05, 4.69) is 4.98 Å². The summed E-state index contributed by atoms with van der Waals surface area (Å²) < 4.78 is 13.2. The quantitative estimate of drug-likeness (QED) is 0.596. The van der Waals surface area contributed by atoms with Crippen molar-refractivity contribution < 1.29 is 14.6 Å². The lowest BCUT2D eigenvalue weighted by Gasteiger charge is -2.06. The van der Waals surface area contributed by atoms with Crippen molar-refractivity contribution in [2.45, 2.75) is 0 Å². The standard InChI is InChI=1S/C15H10FNO3/c16-9-3-1-2-8(4-9)11-6-13(18)10-5-14(19)15(20)7-12(10)17-11/h1-7,19-20H,(H,17,18). The molecule has 100 valence electrons. The van der Waals surface area contributed by atoms with Gasteiger partial charge in [0.2, 0.25) is 0 Å². The van der Waals surface area contributed by atoms with Gasteiger partial charge in [0.1, 0.15) is 5.82 Å². The fraction of sp³-hybridized carbons (Fsp3) is 0. The van der Waals surface area contributed by atoms with Crippen LogP contribution in [0.3, 0.4) is 0 Å². The highest BCUT2D eigenvalue weighted by molar-refractivity contribution is 5.84. The lowest BCUT2D eigenvalue weighted by atomic mass is 10.1. The maximum Gasteiger partial charge on any atom is 0.190 e. The predicted molar refractivity (Wildman–Crippen MR) is 73.3 cm³/mol. The number of pyridine rings is 1. The second kappa shape index (κ2) is 4.38. The monoisotopic (exact) mass is 271 g/mol. The molecule has 0 amide bonds. The number of rotatable bonds is 1. The Balaban J connectivity index is 2.29. The van der Waals surface area contributed by atoms with Gasteiger partial charge in [0, 0.05) is 28.8 Å². The first-order valence-electron chi connectivity index (χ1n) is 5.89. The number of hydrogen-bond donors (Lipinski definition) is 3. The number of phenols is 2. The first-order valence-corrected chi connectivity index (χ1v) is 5.89. The van der Waals surface area contributed by atoms with Crippen LogP contribution in [0.2, 0.25) is 0 Å². The van der Waals surface area contributed by atoms with Crippen LogP contribution in [-0.4, -0.2) is 15.2 Å². The number of benzene rings is 2. The molecule has 1 heterocycles. The van der Waals surface area contributed by atoms with Crippen LogP contribution in [0.25, 0.3) is 22.2 Å². The minimum Gasteiger partial charge on any atom is -0.504 e. The minimum absolute atomic E-state index is 0.250. The zero-order valence-electron chi connectivity index (χ0n) is 10.2. The molecule has 1 aromatic heterocycles. The maximum atomic E-state index is 13.2. The summed E-state index contributed by atoms with van der Waals surface area (Å²) in [5, 5.41) is 19.1. The first-order chi connectivity index (χ1) is 9.54. The van der Waals surface area contributed by atoms with Gasteiger partial charge in [0.05, 0.1) is 5.52 Å². The Labute approximate surface area is 112 Å². The molecule has 0 unspecified atom stereocenters. The maximum absolute atomic E-state index is 13.2. The van der Waals surface area contributed by atoms with Crippen molar-refractivity contribution in [1.29, 1.82) is 0 Å². The zero-order chi connectivity index (χ0) is 14.3. The molecule has 3 N–H and O–H groups in total. The Morgan fingerprint density at radius 3 is 2.50 bits per heavy atom. The van der Waals surface area contributed by atoms with Gasteiger partial charge in [0.25, 0.3) is 0 Å². The van der Waals surface area contributed by atoms with Crippen LogP contribution in [0.15, 0.2) is 47.3 Å².